The summed E-state index contributed by atoms with van der Waals surface area (Å²) >= 11 is 12.7. The monoisotopic (exact) mass is 411 g/mol. The molecule has 4 nitrogen and oxygen atoms in total. The Morgan fingerprint density at radius 3 is 2.74 bits per heavy atom. The SMILES string of the molecule is COc1ccc(C(c2cccc(Cl)c2Cl)N2CCCCC2C(=O)O)cc1F. The zero-order valence-electron chi connectivity index (χ0n) is 14.8. The molecule has 0 saturated carbocycles. The molecule has 0 radical (unpaired) electrons. The van der Waals surface area contributed by atoms with E-state index < -0.39 is 23.9 Å². The molecule has 7 heteroatoms. The van der Waals surface area contributed by atoms with Crippen molar-refractivity contribution in [2.75, 3.05) is 13.7 Å². The Morgan fingerprint density at radius 2 is 2.07 bits per heavy atom. The standard InChI is InChI=1S/C20H20Cl2FNO3/c1-27-17-9-8-12(11-15(17)23)19(13-5-4-6-14(21)18(13)22)24-10-3-2-7-16(24)20(25)26/h4-6,8-9,11,16,19H,2-3,7,10H2,1H3,(H,25,26). The number of nitrogens with zero attached hydrogens (tertiary/aromatic N) is 1. The van der Waals surface area contributed by atoms with Gasteiger partial charge in [0.05, 0.1) is 23.2 Å². The van der Waals surface area contributed by atoms with E-state index in [1.807, 2.05) is 4.90 Å². The summed E-state index contributed by atoms with van der Waals surface area (Å²) < 4.78 is 19.4. The molecule has 1 saturated heterocycles. The molecule has 0 aromatic heterocycles. The number of likely N-dealkylation sites (tertiary alicyclic amines) is 1. The van der Waals surface area contributed by atoms with Gasteiger partial charge in [0.2, 0.25) is 0 Å². The van der Waals surface area contributed by atoms with Gasteiger partial charge in [0, 0.05) is 0 Å². The van der Waals surface area contributed by atoms with Crippen LogP contribution in [0.1, 0.15) is 36.4 Å². The lowest BCUT2D eigenvalue weighted by atomic mass is 9.91. The fraction of sp³-hybridized carbons (Fsp3) is 0.350. The topological polar surface area (TPSA) is 49.8 Å². The van der Waals surface area contributed by atoms with Crippen molar-refractivity contribution in [2.24, 2.45) is 0 Å². The van der Waals surface area contributed by atoms with Gasteiger partial charge in [0.25, 0.3) is 0 Å². The van der Waals surface area contributed by atoms with Gasteiger partial charge in [-0.05, 0) is 48.7 Å². The smallest absolute Gasteiger partial charge is 0.320 e. The second-order valence-corrected chi connectivity index (χ2v) is 7.31. The number of hydrogen-bond donors (Lipinski definition) is 1. The Kier molecular flexibility index (Phi) is 6.25. The molecule has 0 amide bonds. The summed E-state index contributed by atoms with van der Waals surface area (Å²) in [5.41, 5.74) is 1.26. The number of aliphatic carboxylic acids is 1. The van der Waals surface area contributed by atoms with Crippen molar-refractivity contribution in [1.29, 1.82) is 0 Å². The van der Waals surface area contributed by atoms with Gasteiger partial charge in [-0.15, -0.1) is 0 Å². The second-order valence-electron chi connectivity index (χ2n) is 6.53. The number of methoxy groups -OCH3 is 1. The predicted octanol–water partition coefficient (Wildman–Crippen LogP) is 5.17. The molecule has 1 aliphatic heterocycles. The molecule has 0 spiro atoms. The van der Waals surface area contributed by atoms with Crippen LogP contribution < -0.4 is 4.74 Å². The molecule has 0 bridgehead atoms. The number of carbonyl (C=O) groups is 1. The van der Waals surface area contributed by atoms with Gasteiger partial charge in [-0.2, -0.15) is 0 Å². The van der Waals surface area contributed by atoms with E-state index >= 15 is 0 Å². The average Bonchev–Trinajstić information content (AvgIpc) is 2.66. The highest BCUT2D eigenvalue weighted by Gasteiger charge is 2.36. The maximum Gasteiger partial charge on any atom is 0.320 e. The largest absolute Gasteiger partial charge is 0.494 e. The molecule has 1 fully saturated rings. The summed E-state index contributed by atoms with van der Waals surface area (Å²) in [6.07, 6.45) is 2.22. The van der Waals surface area contributed by atoms with Crippen LogP contribution in [0.15, 0.2) is 36.4 Å². The number of piperidine rings is 1. The molecule has 3 rings (SSSR count). The lowest BCUT2D eigenvalue weighted by Crippen LogP contribution is -2.47. The lowest BCUT2D eigenvalue weighted by Gasteiger charge is -2.40. The predicted molar refractivity (Wildman–Crippen MR) is 103 cm³/mol. The molecular formula is C20H20Cl2FNO3. The molecule has 2 unspecified atom stereocenters. The van der Waals surface area contributed by atoms with E-state index in [0.29, 0.717) is 34.1 Å². The molecule has 2 atom stereocenters. The number of carboxylic acid groups (broad SMARTS) is 1. The van der Waals surface area contributed by atoms with E-state index in [0.717, 1.165) is 12.8 Å². The van der Waals surface area contributed by atoms with Crippen molar-refractivity contribution in [3.8, 4) is 5.75 Å². The molecule has 1 heterocycles. The maximum absolute atomic E-state index is 14.4. The number of hydrogen-bond acceptors (Lipinski definition) is 3. The van der Waals surface area contributed by atoms with Crippen LogP contribution in [0.3, 0.4) is 0 Å². The van der Waals surface area contributed by atoms with Crippen LogP contribution in [0.5, 0.6) is 5.75 Å². The van der Waals surface area contributed by atoms with E-state index in [1.165, 1.54) is 19.2 Å². The Hall–Kier alpha value is -1.82. The van der Waals surface area contributed by atoms with Crippen LogP contribution in [0, 0.1) is 5.82 Å². The summed E-state index contributed by atoms with van der Waals surface area (Å²) in [4.78, 5) is 13.7. The van der Waals surface area contributed by atoms with Crippen molar-refractivity contribution in [1.82, 2.24) is 4.90 Å². The summed E-state index contributed by atoms with van der Waals surface area (Å²) in [6.45, 7) is 0.568. The number of rotatable bonds is 5. The van der Waals surface area contributed by atoms with Gasteiger partial charge >= 0.3 is 5.97 Å². The van der Waals surface area contributed by atoms with Crippen LogP contribution >= 0.6 is 23.2 Å². The van der Waals surface area contributed by atoms with Crippen molar-refractivity contribution in [3.63, 3.8) is 0 Å². The highest BCUT2D eigenvalue weighted by Crippen LogP contribution is 2.40. The maximum atomic E-state index is 14.4. The van der Waals surface area contributed by atoms with Crippen LogP contribution in [0.25, 0.3) is 0 Å². The van der Waals surface area contributed by atoms with Crippen molar-refractivity contribution in [3.05, 3.63) is 63.4 Å². The Bertz CT molecular complexity index is 846. The zero-order valence-corrected chi connectivity index (χ0v) is 16.3. The fourth-order valence-electron chi connectivity index (χ4n) is 3.66. The summed E-state index contributed by atoms with van der Waals surface area (Å²) in [6, 6.07) is 8.66. The lowest BCUT2D eigenvalue weighted by molar-refractivity contribution is -0.145. The van der Waals surface area contributed by atoms with Gasteiger partial charge in [-0.25, -0.2) is 4.39 Å². The number of ether oxygens (including phenoxy) is 1. The Balaban J connectivity index is 2.15. The fourth-order valence-corrected chi connectivity index (χ4v) is 4.07. The molecule has 1 aliphatic rings. The number of carboxylic acids is 1. The van der Waals surface area contributed by atoms with Crippen molar-refractivity contribution >= 4 is 29.2 Å². The van der Waals surface area contributed by atoms with Crippen molar-refractivity contribution in [2.45, 2.75) is 31.3 Å². The molecule has 27 heavy (non-hydrogen) atoms. The first-order valence-electron chi connectivity index (χ1n) is 8.70. The van der Waals surface area contributed by atoms with Gasteiger partial charge in [0.1, 0.15) is 6.04 Å². The van der Waals surface area contributed by atoms with Gasteiger partial charge in [-0.1, -0.05) is 47.8 Å². The number of halogens is 3. The third kappa shape index (κ3) is 4.05. The first kappa shape index (κ1) is 19.9. The van der Waals surface area contributed by atoms with Gasteiger partial charge in [-0.3, -0.25) is 9.69 Å². The molecule has 2 aromatic carbocycles. The van der Waals surface area contributed by atoms with Crippen LogP contribution in [-0.2, 0) is 4.79 Å². The second kappa shape index (κ2) is 8.46. The molecular weight excluding hydrogens is 392 g/mol. The van der Waals surface area contributed by atoms with E-state index in [-0.39, 0.29) is 5.75 Å². The Morgan fingerprint density at radius 1 is 1.30 bits per heavy atom. The highest BCUT2D eigenvalue weighted by atomic mass is 35.5. The summed E-state index contributed by atoms with van der Waals surface area (Å²) in [5.74, 6) is -1.28. The minimum Gasteiger partial charge on any atom is -0.494 e. The number of benzene rings is 2. The average molecular weight is 412 g/mol. The van der Waals surface area contributed by atoms with E-state index in [4.69, 9.17) is 27.9 Å². The minimum absolute atomic E-state index is 0.128. The first-order valence-corrected chi connectivity index (χ1v) is 9.45. The third-order valence-corrected chi connectivity index (χ3v) is 5.76. The summed E-state index contributed by atoms with van der Waals surface area (Å²) in [5, 5.41) is 10.4. The quantitative estimate of drug-likeness (QED) is 0.736. The Labute approximate surface area is 167 Å². The molecule has 2 aromatic rings. The van der Waals surface area contributed by atoms with E-state index in [2.05, 4.69) is 0 Å². The van der Waals surface area contributed by atoms with Crippen LogP contribution in [0.2, 0.25) is 10.0 Å². The van der Waals surface area contributed by atoms with Gasteiger partial charge < -0.3 is 9.84 Å². The van der Waals surface area contributed by atoms with E-state index in [9.17, 15) is 14.3 Å². The zero-order chi connectivity index (χ0) is 19.6. The molecule has 144 valence electrons. The van der Waals surface area contributed by atoms with Crippen LogP contribution in [0.4, 0.5) is 4.39 Å². The minimum atomic E-state index is -0.896. The van der Waals surface area contributed by atoms with Gasteiger partial charge in [0.15, 0.2) is 11.6 Å². The highest BCUT2D eigenvalue weighted by molar-refractivity contribution is 6.42. The molecule has 1 N–H and O–H groups in total. The van der Waals surface area contributed by atoms with E-state index in [1.54, 1.807) is 24.3 Å². The third-order valence-electron chi connectivity index (χ3n) is 4.93. The normalized spacial score (nSPS) is 18.9. The first-order chi connectivity index (χ1) is 12.9. The van der Waals surface area contributed by atoms with Crippen molar-refractivity contribution < 1.29 is 19.0 Å². The molecule has 0 aliphatic carbocycles. The van der Waals surface area contributed by atoms with Crippen LogP contribution in [-0.4, -0.2) is 35.7 Å². The summed E-state index contributed by atoms with van der Waals surface area (Å²) in [7, 11) is 1.40.